The van der Waals surface area contributed by atoms with Gasteiger partial charge in [0.1, 0.15) is 11.5 Å². The third kappa shape index (κ3) is 7.11. The average molecular weight is 447 g/mol. The quantitative estimate of drug-likeness (QED) is 0.582. The van der Waals surface area contributed by atoms with Crippen molar-refractivity contribution < 1.29 is 27.4 Å². The van der Waals surface area contributed by atoms with Crippen molar-refractivity contribution in [2.45, 2.75) is 18.6 Å². The molecule has 166 valence electrons. The molecule has 0 radical (unpaired) electrons. The zero-order valence-corrected chi connectivity index (χ0v) is 18.1. The smallest absolute Gasteiger partial charge is 0.419 e. The highest BCUT2D eigenvalue weighted by Crippen LogP contribution is 2.36. The zero-order valence-electron chi connectivity index (χ0n) is 17.3. The Balaban J connectivity index is 0.00000450. The number of rotatable bonds is 7. The summed E-state index contributed by atoms with van der Waals surface area (Å²) in [6.07, 6.45) is -4.45. The molecule has 0 aromatic heterocycles. The minimum atomic E-state index is -4.46. The molecule has 1 atom stereocenters. The largest absolute Gasteiger partial charge is 0.493 e. The number of alkyl halides is 3. The van der Waals surface area contributed by atoms with Crippen LogP contribution in [0.1, 0.15) is 23.6 Å². The lowest BCUT2D eigenvalue weighted by molar-refractivity contribution is -0.139. The topological polar surface area (TPSA) is 42.0 Å². The second-order valence-electron chi connectivity index (χ2n) is 6.94. The molecule has 2 aromatic rings. The fraction of sp³-hybridized carbons (Fsp3) is 0.381. The number of ether oxygens (including phenoxy) is 2. The van der Waals surface area contributed by atoms with E-state index < -0.39 is 17.8 Å². The number of carbonyl (C=O) groups is 1. The molecule has 2 rings (SSSR count). The van der Waals surface area contributed by atoms with E-state index in [0.29, 0.717) is 12.2 Å². The van der Waals surface area contributed by atoms with Gasteiger partial charge >= 0.3 is 12.3 Å². The molecule has 0 saturated heterocycles. The van der Waals surface area contributed by atoms with Gasteiger partial charge in [-0.15, -0.1) is 12.4 Å². The average Bonchev–Trinajstić information content (AvgIpc) is 2.65. The summed E-state index contributed by atoms with van der Waals surface area (Å²) in [5, 5.41) is 0. The van der Waals surface area contributed by atoms with E-state index in [1.807, 2.05) is 31.1 Å². The molecule has 1 amide bonds. The summed E-state index contributed by atoms with van der Waals surface area (Å²) in [6, 6.07) is 12.1. The van der Waals surface area contributed by atoms with Crippen LogP contribution in [0.15, 0.2) is 48.5 Å². The van der Waals surface area contributed by atoms with Gasteiger partial charge in [0, 0.05) is 26.6 Å². The molecule has 0 saturated carbocycles. The number of benzene rings is 2. The van der Waals surface area contributed by atoms with Crippen LogP contribution in [0.5, 0.6) is 11.5 Å². The number of halogens is 4. The molecule has 0 aliphatic carbocycles. The van der Waals surface area contributed by atoms with Crippen LogP contribution in [0.25, 0.3) is 0 Å². The van der Waals surface area contributed by atoms with Gasteiger partial charge in [0.15, 0.2) is 0 Å². The molecule has 30 heavy (non-hydrogen) atoms. The van der Waals surface area contributed by atoms with E-state index >= 15 is 0 Å². The number of carbonyl (C=O) groups excluding carboxylic acids is 1. The van der Waals surface area contributed by atoms with Crippen LogP contribution in [-0.2, 0) is 6.18 Å². The molecule has 0 fully saturated rings. The van der Waals surface area contributed by atoms with Crippen molar-refractivity contribution in [1.82, 2.24) is 9.80 Å². The molecule has 5 nitrogen and oxygen atoms in total. The van der Waals surface area contributed by atoms with Gasteiger partial charge < -0.3 is 19.3 Å². The van der Waals surface area contributed by atoms with Crippen molar-refractivity contribution in [3.63, 3.8) is 0 Å². The predicted molar refractivity (Wildman–Crippen MR) is 111 cm³/mol. The van der Waals surface area contributed by atoms with Crippen molar-refractivity contribution >= 4 is 18.5 Å². The Hall–Kier alpha value is -2.45. The van der Waals surface area contributed by atoms with E-state index in [1.165, 1.54) is 23.1 Å². The Kier molecular flexibility index (Phi) is 9.45. The maximum atomic E-state index is 13.1. The maximum Gasteiger partial charge on any atom is 0.419 e. The van der Waals surface area contributed by atoms with Gasteiger partial charge in [-0.05, 0) is 43.9 Å². The standard InChI is InChI=1S/C21H25F3N2O3.ClH/c1-25(2)18(15-9-11-16(12-10-15)29-20(27)26(3)4)13-14-28-19-8-6-5-7-17(19)21(22,23)24;/h5-12,18H,13-14H2,1-4H3;1H. The lowest BCUT2D eigenvalue weighted by Gasteiger charge is -2.25. The van der Waals surface area contributed by atoms with Crippen LogP contribution < -0.4 is 9.47 Å². The van der Waals surface area contributed by atoms with Gasteiger partial charge in [-0.25, -0.2) is 4.79 Å². The highest BCUT2D eigenvalue weighted by atomic mass is 35.5. The monoisotopic (exact) mass is 446 g/mol. The molecule has 1 unspecified atom stereocenters. The predicted octanol–water partition coefficient (Wildman–Crippen LogP) is 5.26. The fourth-order valence-corrected chi connectivity index (χ4v) is 2.78. The molecule has 0 bridgehead atoms. The fourth-order valence-electron chi connectivity index (χ4n) is 2.78. The van der Waals surface area contributed by atoms with Gasteiger partial charge in [-0.3, -0.25) is 0 Å². The first-order valence-corrected chi connectivity index (χ1v) is 9.04. The van der Waals surface area contributed by atoms with Crippen LogP contribution in [0.2, 0.25) is 0 Å². The number of nitrogens with zero attached hydrogens (tertiary/aromatic N) is 2. The van der Waals surface area contributed by atoms with Crippen molar-refractivity contribution in [3.05, 3.63) is 59.7 Å². The Morgan fingerprint density at radius 2 is 1.60 bits per heavy atom. The molecular weight excluding hydrogens is 421 g/mol. The minimum absolute atomic E-state index is 0. The molecule has 2 aromatic carbocycles. The third-order valence-electron chi connectivity index (χ3n) is 4.30. The molecule has 0 aliphatic heterocycles. The molecule has 0 N–H and O–H groups in total. The number of para-hydroxylation sites is 1. The normalized spacial score (nSPS) is 12.1. The maximum absolute atomic E-state index is 13.1. The lowest BCUT2D eigenvalue weighted by atomic mass is 10.0. The van der Waals surface area contributed by atoms with Gasteiger partial charge in [-0.2, -0.15) is 13.2 Å². The summed E-state index contributed by atoms with van der Waals surface area (Å²) in [7, 11) is 6.95. The number of hydrogen-bond donors (Lipinski definition) is 0. The van der Waals surface area contributed by atoms with Crippen LogP contribution in [0.3, 0.4) is 0 Å². The number of amides is 1. The molecular formula is C21H26ClF3N2O3. The van der Waals surface area contributed by atoms with Crippen molar-refractivity contribution in [2.75, 3.05) is 34.8 Å². The summed E-state index contributed by atoms with van der Waals surface area (Å²) in [6.45, 7) is 0.118. The Bertz CT molecular complexity index is 812. The summed E-state index contributed by atoms with van der Waals surface area (Å²) < 4.78 is 49.9. The van der Waals surface area contributed by atoms with Gasteiger partial charge in [0.25, 0.3) is 0 Å². The molecule has 9 heteroatoms. The van der Waals surface area contributed by atoms with E-state index in [1.54, 1.807) is 26.2 Å². The second kappa shape index (κ2) is 11.1. The van der Waals surface area contributed by atoms with Crippen LogP contribution in [0, 0.1) is 0 Å². The van der Waals surface area contributed by atoms with Gasteiger partial charge in [-0.1, -0.05) is 24.3 Å². The summed E-state index contributed by atoms with van der Waals surface area (Å²) in [5.74, 6) is 0.240. The highest BCUT2D eigenvalue weighted by Gasteiger charge is 2.34. The number of hydrogen-bond acceptors (Lipinski definition) is 4. The first-order chi connectivity index (χ1) is 13.6. The lowest BCUT2D eigenvalue weighted by Crippen LogP contribution is -2.25. The first-order valence-electron chi connectivity index (χ1n) is 9.04. The van der Waals surface area contributed by atoms with E-state index in [-0.39, 0.29) is 30.8 Å². The summed E-state index contributed by atoms with van der Waals surface area (Å²) in [5.41, 5.74) is 0.154. The minimum Gasteiger partial charge on any atom is -0.493 e. The zero-order chi connectivity index (χ0) is 21.6. The van der Waals surface area contributed by atoms with Crippen molar-refractivity contribution in [2.24, 2.45) is 0 Å². The van der Waals surface area contributed by atoms with Gasteiger partial charge in [0.05, 0.1) is 12.2 Å². The van der Waals surface area contributed by atoms with E-state index in [2.05, 4.69) is 0 Å². The van der Waals surface area contributed by atoms with E-state index in [0.717, 1.165) is 11.6 Å². The Labute approximate surface area is 180 Å². The highest BCUT2D eigenvalue weighted by molar-refractivity contribution is 5.85. The van der Waals surface area contributed by atoms with Crippen LogP contribution in [0.4, 0.5) is 18.0 Å². The Morgan fingerprint density at radius 3 is 2.13 bits per heavy atom. The SMILES string of the molecule is CN(C)C(=O)Oc1ccc(C(CCOc2ccccc2C(F)(F)F)N(C)C)cc1.Cl. The molecule has 0 heterocycles. The Morgan fingerprint density at radius 1 is 1.00 bits per heavy atom. The van der Waals surface area contributed by atoms with E-state index in [9.17, 15) is 18.0 Å². The molecule has 0 spiro atoms. The summed E-state index contributed by atoms with van der Waals surface area (Å²) >= 11 is 0. The van der Waals surface area contributed by atoms with Crippen molar-refractivity contribution in [1.29, 1.82) is 0 Å². The van der Waals surface area contributed by atoms with Crippen LogP contribution >= 0.6 is 12.4 Å². The first kappa shape index (κ1) is 25.6. The van der Waals surface area contributed by atoms with Crippen LogP contribution in [-0.4, -0.2) is 50.7 Å². The third-order valence-corrected chi connectivity index (χ3v) is 4.30. The second-order valence-corrected chi connectivity index (χ2v) is 6.94. The van der Waals surface area contributed by atoms with Crippen molar-refractivity contribution in [3.8, 4) is 11.5 Å². The van der Waals surface area contributed by atoms with E-state index in [4.69, 9.17) is 9.47 Å². The molecule has 0 aliphatic rings. The van der Waals surface area contributed by atoms with Gasteiger partial charge in [0.2, 0.25) is 0 Å². The summed E-state index contributed by atoms with van der Waals surface area (Å²) in [4.78, 5) is 14.9.